The normalized spacial score (nSPS) is 12.0. The maximum absolute atomic E-state index is 12.3. The number of rotatable bonds is 32. The van der Waals surface area contributed by atoms with E-state index >= 15 is 0 Å². The number of carbonyl (C=O) groups excluding carboxylic acids is 4. The molecule has 0 radical (unpaired) electrons. The second-order valence-electron chi connectivity index (χ2n) is 11.9. The molecule has 50 heavy (non-hydrogen) atoms. The molecule has 0 saturated carbocycles. The van der Waals surface area contributed by atoms with Gasteiger partial charge in [-0.1, -0.05) is 76.3 Å². The summed E-state index contributed by atoms with van der Waals surface area (Å²) in [6, 6.07) is 0. The van der Waals surface area contributed by atoms with Crippen LogP contribution in [0.4, 0.5) is 0 Å². The molecule has 0 unspecified atom stereocenters. The van der Waals surface area contributed by atoms with E-state index < -0.39 is 0 Å². The summed E-state index contributed by atoms with van der Waals surface area (Å²) < 4.78 is 21.2. The van der Waals surface area contributed by atoms with Crippen LogP contribution in [0.3, 0.4) is 0 Å². The third-order valence-corrected chi connectivity index (χ3v) is 7.53. The number of hydrogen-bond donors (Lipinski definition) is 0. The SMILES string of the molecule is CC/C=C\COC(=O)CCN(CCCN(C)CCCN(CCC(=O)OC/C=C\CC)CCC(=O)OC/C=C\CC)CCC(=O)OC/C=C\CC. The molecular formula is C39H67N3O8. The Labute approximate surface area is 302 Å². The average Bonchev–Trinajstić information content (AvgIpc) is 3.10. The quantitative estimate of drug-likeness (QED) is 0.0474. The zero-order valence-corrected chi connectivity index (χ0v) is 31.8. The highest BCUT2D eigenvalue weighted by molar-refractivity contribution is 5.71. The number of hydrogen-bond acceptors (Lipinski definition) is 11. The van der Waals surface area contributed by atoms with Crippen molar-refractivity contribution in [2.75, 3.05) is 85.8 Å². The first-order valence-corrected chi connectivity index (χ1v) is 18.6. The van der Waals surface area contributed by atoms with Crippen molar-refractivity contribution in [3.05, 3.63) is 48.6 Å². The van der Waals surface area contributed by atoms with Crippen molar-refractivity contribution in [3.8, 4) is 0 Å². The third kappa shape index (κ3) is 30.8. The number of ether oxygens (including phenoxy) is 4. The molecule has 0 aromatic carbocycles. The summed E-state index contributed by atoms with van der Waals surface area (Å²) in [5.74, 6) is -1.03. The fraction of sp³-hybridized carbons (Fsp3) is 0.692. The highest BCUT2D eigenvalue weighted by atomic mass is 16.5. The number of carbonyl (C=O) groups is 4. The Kier molecular flexibility index (Phi) is 31.9. The van der Waals surface area contributed by atoms with E-state index in [-0.39, 0.29) is 76.0 Å². The van der Waals surface area contributed by atoms with Gasteiger partial charge < -0.3 is 33.6 Å². The molecule has 0 bridgehead atoms. The monoisotopic (exact) mass is 705 g/mol. The Morgan fingerprint density at radius 3 is 0.900 bits per heavy atom. The summed E-state index contributed by atoms with van der Waals surface area (Å²) in [5.41, 5.74) is 0. The first kappa shape index (κ1) is 46.7. The molecule has 11 heteroatoms. The van der Waals surface area contributed by atoms with E-state index in [1.165, 1.54) is 0 Å². The molecule has 0 aliphatic heterocycles. The van der Waals surface area contributed by atoms with Crippen LogP contribution in [-0.2, 0) is 38.1 Å². The molecule has 0 amide bonds. The lowest BCUT2D eigenvalue weighted by molar-refractivity contribution is -0.144. The molecule has 0 aliphatic carbocycles. The van der Waals surface area contributed by atoms with Crippen LogP contribution >= 0.6 is 0 Å². The summed E-state index contributed by atoms with van der Waals surface area (Å²) in [5, 5.41) is 0. The Morgan fingerprint density at radius 2 is 0.660 bits per heavy atom. The first-order chi connectivity index (χ1) is 24.2. The molecule has 0 heterocycles. The molecule has 0 aliphatic rings. The predicted octanol–water partition coefficient (Wildman–Crippen LogP) is 5.90. The third-order valence-electron chi connectivity index (χ3n) is 7.53. The fourth-order valence-corrected chi connectivity index (χ4v) is 4.70. The summed E-state index contributed by atoms with van der Waals surface area (Å²) in [6.07, 6.45) is 21.5. The minimum absolute atomic E-state index is 0.256. The summed E-state index contributed by atoms with van der Waals surface area (Å²) in [6.45, 7) is 14.4. The summed E-state index contributed by atoms with van der Waals surface area (Å²) in [7, 11) is 2.07. The standard InChI is InChI=1S/C39H67N3O8/c1-6-10-14-32-47-36(43)20-28-41(29-21-37(44)48-33-15-11-7-2)26-18-24-40(5)25-19-27-42(30-22-38(45)49-34-16-12-8-3)31-23-39(46)50-35-17-13-9-4/h10-17H,6-9,18-35H2,1-5H3/b14-10-,15-11-,16-12-,17-13-. The number of esters is 4. The van der Waals surface area contributed by atoms with Crippen molar-refractivity contribution in [2.24, 2.45) is 0 Å². The highest BCUT2D eigenvalue weighted by Gasteiger charge is 2.14. The van der Waals surface area contributed by atoms with Crippen LogP contribution in [-0.4, -0.2) is 124 Å². The Morgan fingerprint density at radius 1 is 0.400 bits per heavy atom. The molecule has 0 atom stereocenters. The lowest BCUT2D eigenvalue weighted by Gasteiger charge is -2.25. The number of nitrogens with zero attached hydrogens (tertiary/aromatic N) is 3. The lowest BCUT2D eigenvalue weighted by Crippen LogP contribution is -2.34. The molecule has 0 rings (SSSR count). The van der Waals surface area contributed by atoms with Gasteiger partial charge in [-0.25, -0.2) is 0 Å². The molecular weight excluding hydrogens is 638 g/mol. The van der Waals surface area contributed by atoms with E-state index in [0.717, 1.165) is 64.7 Å². The first-order valence-electron chi connectivity index (χ1n) is 18.6. The van der Waals surface area contributed by atoms with Crippen LogP contribution in [0.1, 0.15) is 91.9 Å². The summed E-state index contributed by atoms with van der Waals surface area (Å²) in [4.78, 5) is 55.6. The van der Waals surface area contributed by atoms with E-state index in [1.54, 1.807) is 0 Å². The van der Waals surface area contributed by atoms with Gasteiger partial charge in [0.25, 0.3) is 0 Å². The number of allylic oxidation sites excluding steroid dienone is 4. The molecule has 0 aromatic heterocycles. The molecule has 0 saturated heterocycles. The minimum Gasteiger partial charge on any atom is -0.461 e. The smallest absolute Gasteiger partial charge is 0.307 e. The van der Waals surface area contributed by atoms with Crippen molar-refractivity contribution in [1.82, 2.24) is 14.7 Å². The molecule has 0 spiro atoms. The maximum atomic E-state index is 12.3. The molecule has 11 nitrogen and oxygen atoms in total. The van der Waals surface area contributed by atoms with Crippen molar-refractivity contribution >= 4 is 23.9 Å². The van der Waals surface area contributed by atoms with Crippen LogP contribution in [0.2, 0.25) is 0 Å². The van der Waals surface area contributed by atoms with E-state index in [4.69, 9.17) is 18.9 Å². The van der Waals surface area contributed by atoms with Crippen molar-refractivity contribution in [3.63, 3.8) is 0 Å². The van der Waals surface area contributed by atoms with Gasteiger partial charge in [0.2, 0.25) is 0 Å². The van der Waals surface area contributed by atoms with Crippen LogP contribution < -0.4 is 0 Å². The van der Waals surface area contributed by atoms with Crippen LogP contribution in [0, 0.1) is 0 Å². The van der Waals surface area contributed by atoms with Crippen LogP contribution in [0.5, 0.6) is 0 Å². The highest BCUT2D eigenvalue weighted by Crippen LogP contribution is 2.04. The maximum Gasteiger partial charge on any atom is 0.307 e. The van der Waals surface area contributed by atoms with Gasteiger partial charge in [0.05, 0.1) is 25.7 Å². The predicted molar refractivity (Wildman–Crippen MR) is 200 cm³/mol. The average molecular weight is 706 g/mol. The lowest BCUT2D eigenvalue weighted by atomic mass is 10.2. The van der Waals surface area contributed by atoms with Gasteiger partial charge in [-0.3, -0.25) is 19.2 Å². The van der Waals surface area contributed by atoms with Gasteiger partial charge in [-0.2, -0.15) is 0 Å². The van der Waals surface area contributed by atoms with Gasteiger partial charge in [0.15, 0.2) is 0 Å². The minimum atomic E-state index is -0.257. The van der Waals surface area contributed by atoms with Gasteiger partial charge in [0.1, 0.15) is 26.4 Å². The fourth-order valence-electron chi connectivity index (χ4n) is 4.70. The zero-order valence-electron chi connectivity index (χ0n) is 31.8. The molecule has 0 aromatic rings. The van der Waals surface area contributed by atoms with E-state index in [2.05, 4.69) is 21.7 Å². The van der Waals surface area contributed by atoms with E-state index in [9.17, 15) is 19.2 Å². The summed E-state index contributed by atoms with van der Waals surface area (Å²) >= 11 is 0. The molecule has 0 fully saturated rings. The van der Waals surface area contributed by atoms with Crippen molar-refractivity contribution < 1.29 is 38.1 Å². The Hall–Kier alpha value is -3.28. The van der Waals surface area contributed by atoms with Gasteiger partial charge in [-0.05, 0) is 71.8 Å². The van der Waals surface area contributed by atoms with E-state index in [1.807, 2.05) is 76.3 Å². The second-order valence-corrected chi connectivity index (χ2v) is 11.9. The largest absolute Gasteiger partial charge is 0.461 e. The van der Waals surface area contributed by atoms with E-state index in [0.29, 0.717) is 26.2 Å². The van der Waals surface area contributed by atoms with Gasteiger partial charge >= 0.3 is 23.9 Å². The van der Waals surface area contributed by atoms with Gasteiger partial charge in [0, 0.05) is 26.2 Å². The van der Waals surface area contributed by atoms with Crippen molar-refractivity contribution in [1.29, 1.82) is 0 Å². The second kappa shape index (κ2) is 34.2. The van der Waals surface area contributed by atoms with Crippen LogP contribution in [0.25, 0.3) is 0 Å². The zero-order chi connectivity index (χ0) is 37.1. The molecule has 0 N–H and O–H groups in total. The Bertz CT molecular complexity index is 865. The topological polar surface area (TPSA) is 115 Å². The van der Waals surface area contributed by atoms with Gasteiger partial charge in [-0.15, -0.1) is 0 Å². The molecule has 286 valence electrons. The Balaban J connectivity index is 4.90. The van der Waals surface area contributed by atoms with Crippen molar-refractivity contribution in [2.45, 2.75) is 91.9 Å². The van der Waals surface area contributed by atoms with Crippen LogP contribution in [0.15, 0.2) is 48.6 Å².